The molecule has 1 saturated carbocycles. The van der Waals surface area contributed by atoms with Gasteiger partial charge >= 0.3 is 12.0 Å². The molecule has 7 heteroatoms. The van der Waals surface area contributed by atoms with Crippen molar-refractivity contribution in [2.45, 2.75) is 31.8 Å². The van der Waals surface area contributed by atoms with Crippen molar-refractivity contribution in [3.05, 3.63) is 18.0 Å². The van der Waals surface area contributed by atoms with Crippen LogP contribution >= 0.6 is 0 Å². The van der Waals surface area contributed by atoms with E-state index in [-0.39, 0.29) is 24.5 Å². The number of urea groups is 1. The largest absolute Gasteiger partial charge is 0.481 e. The Balaban J connectivity index is 1.70. The molecule has 1 aromatic rings. The van der Waals surface area contributed by atoms with Crippen molar-refractivity contribution in [2.75, 3.05) is 0 Å². The van der Waals surface area contributed by atoms with Gasteiger partial charge in [-0.15, -0.1) is 0 Å². The zero-order chi connectivity index (χ0) is 13.0. The fourth-order valence-corrected chi connectivity index (χ4v) is 2.07. The van der Waals surface area contributed by atoms with Crippen LogP contribution in [0.2, 0.25) is 0 Å². The number of nitrogens with one attached hydrogen (secondary N) is 2. The highest BCUT2D eigenvalue weighted by molar-refractivity contribution is 5.75. The predicted octanol–water partition coefficient (Wildman–Crippen LogP) is 0.727. The molecular formula is C11H15N3O4. The summed E-state index contributed by atoms with van der Waals surface area (Å²) in [6.07, 6.45) is 3.24. The summed E-state index contributed by atoms with van der Waals surface area (Å²) >= 11 is 0. The van der Waals surface area contributed by atoms with E-state index < -0.39 is 5.97 Å². The summed E-state index contributed by atoms with van der Waals surface area (Å²) in [7, 11) is 0. The summed E-state index contributed by atoms with van der Waals surface area (Å²) in [6.45, 7) is 0.289. The maximum absolute atomic E-state index is 11.5. The molecule has 98 valence electrons. The van der Waals surface area contributed by atoms with Crippen LogP contribution in [0.4, 0.5) is 4.79 Å². The fourth-order valence-electron chi connectivity index (χ4n) is 2.07. The van der Waals surface area contributed by atoms with E-state index in [0.717, 1.165) is 0 Å². The first kappa shape index (κ1) is 12.4. The molecule has 3 N–H and O–H groups in total. The quantitative estimate of drug-likeness (QED) is 0.733. The van der Waals surface area contributed by atoms with Crippen molar-refractivity contribution in [3.63, 3.8) is 0 Å². The number of hydrogen-bond donors (Lipinski definition) is 3. The van der Waals surface area contributed by atoms with Gasteiger partial charge in [0.2, 0.25) is 0 Å². The number of carbonyl (C=O) groups excluding carboxylic acids is 1. The molecule has 1 fully saturated rings. The molecule has 1 heterocycles. The standard InChI is InChI=1S/C11H15N3O4/c15-10(16)7-1-2-8(5-7)13-11(17)12-6-9-3-4-18-14-9/h3-4,7-8H,1-2,5-6H2,(H,15,16)(H2,12,13,17). The van der Waals surface area contributed by atoms with Crippen LogP contribution in [0, 0.1) is 5.92 Å². The van der Waals surface area contributed by atoms with Gasteiger partial charge in [-0.1, -0.05) is 5.16 Å². The van der Waals surface area contributed by atoms with Gasteiger partial charge in [-0.3, -0.25) is 4.79 Å². The molecule has 0 radical (unpaired) electrons. The predicted molar refractivity (Wildman–Crippen MR) is 60.6 cm³/mol. The molecule has 2 atom stereocenters. The number of hydrogen-bond acceptors (Lipinski definition) is 4. The van der Waals surface area contributed by atoms with Gasteiger partial charge < -0.3 is 20.3 Å². The Labute approximate surface area is 104 Å². The third-order valence-electron chi connectivity index (χ3n) is 3.04. The van der Waals surface area contributed by atoms with E-state index in [0.29, 0.717) is 25.0 Å². The number of amides is 2. The molecule has 2 rings (SSSR count). The highest BCUT2D eigenvalue weighted by atomic mass is 16.5. The third-order valence-corrected chi connectivity index (χ3v) is 3.04. The highest BCUT2D eigenvalue weighted by Crippen LogP contribution is 2.25. The Bertz CT molecular complexity index is 418. The number of aromatic nitrogens is 1. The van der Waals surface area contributed by atoms with Crippen molar-refractivity contribution >= 4 is 12.0 Å². The van der Waals surface area contributed by atoms with Crippen LogP contribution < -0.4 is 10.6 Å². The Hall–Kier alpha value is -2.05. The van der Waals surface area contributed by atoms with Gasteiger partial charge in [0.05, 0.1) is 12.5 Å². The normalized spacial score (nSPS) is 22.7. The Morgan fingerprint density at radius 3 is 2.94 bits per heavy atom. The van der Waals surface area contributed by atoms with Crippen LogP contribution in [0.5, 0.6) is 0 Å². The van der Waals surface area contributed by atoms with Crippen LogP contribution in [-0.2, 0) is 11.3 Å². The van der Waals surface area contributed by atoms with Crippen molar-refractivity contribution in [3.8, 4) is 0 Å². The van der Waals surface area contributed by atoms with Gasteiger partial charge in [0.1, 0.15) is 12.0 Å². The van der Waals surface area contributed by atoms with Crippen LogP contribution in [0.3, 0.4) is 0 Å². The molecule has 2 unspecified atom stereocenters. The van der Waals surface area contributed by atoms with Crippen LogP contribution in [-0.4, -0.2) is 28.3 Å². The summed E-state index contributed by atoms with van der Waals surface area (Å²) < 4.78 is 4.63. The van der Waals surface area contributed by atoms with Crippen LogP contribution in [0.1, 0.15) is 25.0 Å². The Kier molecular flexibility index (Phi) is 3.81. The van der Waals surface area contributed by atoms with Gasteiger partial charge in [-0.2, -0.15) is 0 Å². The van der Waals surface area contributed by atoms with Gasteiger partial charge in [-0.05, 0) is 19.3 Å². The molecule has 0 saturated heterocycles. The van der Waals surface area contributed by atoms with Crippen LogP contribution in [0.15, 0.2) is 16.9 Å². The number of carboxylic acid groups (broad SMARTS) is 1. The molecule has 18 heavy (non-hydrogen) atoms. The molecule has 0 spiro atoms. The van der Waals surface area contributed by atoms with E-state index in [1.54, 1.807) is 6.07 Å². The SMILES string of the molecule is O=C(NCc1ccon1)NC1CCC(C(=O)O)C1. The van der Waals surface area contributed by atoms with Crippen molar-refractivity contribution in [2.24, 2.45) is 5.92 Å². The number of carboxylic acids is 1. The fraction of sp³-hybridized carbons (Fsp3) is 0.545. The minimum atomic E-state index is -0.790. The minimum Gasteiger partial charge on any atom is -0.481 e. The molecule has 1 aliphatic rings. The van der Waals surface area contributed by atoms with E-state index in [1.165, 1.54) is 6.26 Å². The average molecular weight is 253 g/mol. The average Bonchev–Trinajstić information content (AvgIpc) is 2.96. The molecule has 0 aromatic carbocycles. The summed E-state index contributed by atoms with van der Waals surface area (Å²) in [6, 6.07) is 1.29. The first-order chi connectivity index (χ1) is 8.65. The van der Waals surface area contributed by atoms with Gasteiger partial charge in [0.15, 0.2) is 0 Å². The second kappa shape index (κ2) is 5.52. The molecule has 0 aliphatic heterocycles. The molecule has 7 nitrogen and oxygen atoms in total. The van der Waals surface area contributed by atoms with E-state index >= 15 is 0 Å². The molecule has 2 amide bonds. The summed E-state index contributed by atoms with van der Waals surface area (Å²) in [5.74, 6) is -1.13. The molecular weight excluding hydrogens is 238 g/mol. The summed E-state index contributed by atoms with van der Waals surface area (Å²) in [4.78, 5) is 22.3. The lowest BCUT2D eigenvalue weighted by Gasteiger charge is -2.12. The maximum Gasteiger partial charge on any atom is 0.315 e. The molecule has 0 bridgehead atoms. The zero-order valence-corrected chi connectivity index (χ0v) is 9.76. The number of aliphatic carboxylic acids is 1. The molecule has 1 aromatic heterocycles. The Morgan fingerprint density at radius 2 is 2.33 bits per heavy atom. The summed E-state index contributed by atoms with van der Waals surface area (Å²) in [5, 5.41) is 17.9. The smallest absolute Gasteiger partial charge is 0.315 e. The second-order valence-electron chi connectivity index (χ2n) is 4.36. The van der Waals surface area contributed by atoms with Crippen molar-refractivity contribution in [1.29, 1.82) is 0 Å². The second-order valence-corrected chi connectivity index (χ2v) is 4.36. The monoisotopic (exact) mass is 253 g/mol. The van der Waals surface area contributed by atoms with E-state index in [4.69, 9.17) is 5.11 Å². The number of nitrogens with zero attached hydrogens (tertiary/aromatic N) is 1. The van der Waals surface area contributed by atoms with Crippen LogP contribution in [0.25, 0.3) is 0 Å². The van der Waals surface area contributed by atoms with Gasteiger partial charge in [-0.25, -0.2) is 4.79 Å². The number of rotatable bonds is 4. The minimum absolute atomic E-state index is 0.0663. The Morgan fingerprint density at radius 1 is 1.50 bits per heavy atom. The molecule has 1 aliphatic carbocycles. The first-order valence-corrected chi connectivity index (χ1v) is 5.81. The topological polar surface area (TPSA) is 104 Å². The van der Waals surface area contributed by atoms with Gasteiger partial charge in [0.25, 0.3) is 0 Å². The van der Waals surface area contributed by atoms with Gasteiger partial charge in [0, 0.05) is 12.1 Å². The zero-order valence-electron chi connectivity index (χ0n) is 9.76. The lowest BCUT2D eigenvalue weighted by molar-refractivity contribution is -0.141. The van der Waals surface area contributed by atoms with E-state index in [1.807, 2.05) is 0 Å². The van der Waals surface area contributed by atoms with E-state index in [9.17, 15) is 9.59 Å². The lowest BCUT2D eigenvalue weighted by Crippen LogP contribution is -2.40. The van der Waals surface area contributed by atoms with E-state index in [2.05, 4.69) is 20.3 Å². The number of carbonyl (C=O) groups is 2. The third kappa shape index (κ3) is 3.22. The lowest BCUT2D eigenvalue weighted by atomic mass is 10.1. The van der Waals surface area contributed by atoms with Crippen molar-refractivity contribution < 1.29 is 19.2 Å². The summed E-state index contributed by atoms with van der Waals surface area (Å²) in [5.41, 5.74) is 0.639. The van der Waals surface area contributed by atoms with Crippen molar-refractivity contribution in [1.82, 2.24) is 15.8 Å². The maximum atomic E-state index is 11.5. The highest BCUT2D eigenvalue weighted by Gasteiger charge is 2.30. The first-order valence-electron chi connectivity index (χ1n) is 5.81.